The molecule has 4 nitrogen and oxygen atoms in total. The van der Waals surface area contributed by atoms with E-state index in [4.69, 9.17) is 0 Å². The summed E-state index contributed by atoms with van der Waals surface area (Å²) in [4.78, 5) is 27.9. The lowest BCUT2D eigenvalue weighted by atomic mass is 10.00. The van der Waals surface area contributed by atoms with E-state index in [0.717, 1.165) is 22.3 Å². The summed E-state index contributed by atoms with van der Waals surface area (Å²) in [5.41, 5.74) is 4.42. The molecular weight excluding hydrogens is 403 g/mol. The summed E-state index contributed by atoms with van der Waals surface area (Å²) in [5, 5.41) is 2.67. The molecule has 0 aliphatic heterocycles. The summed E-state index contributed by atoms with van der Waals surface area (Å²) in [6, 6.07) is 21.0. The Balaban J connectivity index is 1.96. The van der Waals surface area contributed by atoms with Crippen LogP contribution in [0.2, 0.25) is 0 Å². The minimum atomic E-state index is -0.763. The van der Waals surface area contributed by atoms with E-state index >= 15 is 0 Å². The third-order valence-corrected chi connectivity index (χ3v) is 5.74. The first-order chi connectivity index (χ1) is 15.4. The van der Waals surface area contributed by atoms with Crippen molar-refractivity contribution in [3.05, 3.63) is 106 Å². The van der Waals surface area contributed by atoms with Gasteiger partial charge in [0, 0.05) is 25.6 Å². The fraction of sp³-hybridized carbons (Fsp3) is 0.259. The minimum absolute atomic E-state index is 0.0151. The van der Waals surface area contributed by atoms with Crippen LogP contribution in [0.25, 0.3) is 0 Å². The van der Waals surface area contributed by atoms with Gasteiger partial charge in [-0.15, -0.1) is 0 Å². The zero-order valence-electron chi connectivity index (χ0n) is 18.8. The van der Waals surface area contributed by atoms with Crippen LogP contribution < -0.4 is 5.32 Å². The second-order valence-electron chi connectivity index (χ2n) is 8.03. The van der Waals surface area contributed by atoms with Crippen LogP contribution in [0.15, 0.2) is 72.8 Å². The molecule has 0 spiro atoms. The predicted molar refractivity (Wildman–Crippen MR) is 125 cm³/mol. The molecule has 1 atom stereocenters. The number of amides is 2. The summed E-state index contributed by atoms with van der Waals surface area (Å²) in [5.74, 6) is -0.897. The molecule has 0 aliphatic rings. The van der Waals surface area contributed by atoms with Gasteiger partial charge in [-0.2, -0.15) is 0 Å². The molecule has 0 heterocycles. The number of benzene rings is 3. The fourth-order valence-corrected chi connectivity index (χ4v) is 3.72. The number of nitrogens with zero attached hydrogens (tertiary/aromatic N) is 1. The van der Waals surface area contributed by atoms with Crippen molar-refractivity contribution >= 4 is 11.8 Å². The Kier molecular flexibility index (Phi) is 7.77. The minimum Gasteiger partial charge on any atom is -0.357 e. The van der Waals surface area contributed by atoms with E-state index in [1.165, 1.54) is 11.0 Å². The number of aryl methyl sites for hydroxylation is 2. The van der Waals surface area contributed by atoms with Crippen LogP contribution in [0.1, 0.15) is 27.8 Å². The molecule has 0 aromatic heterocycles. The topological polar surface area (TPSA) is 49.4 Å². The standard InChI is InChI=1S/C27H29FN2O2/c1-19-13-14-22(15-20(19)2)17-26(31)30(18-23-11-7-8-12-24(23)28)25(27(32)29-3)16-21-9-5-4-6-10-21/h4-15,25H,16-18H2,1-3H3,(H,29,32)/t25-/m1/s1. The zero-order chi connectivity index (χ0) is 23.1. The van der Waals surface area contributed by atoms with Gasteiger partial charge in [0.2, 0.25) is 11.8 Å². The van der Waals surface area contributed by atoms with Gasteiger partial charge in [0.25, 0.3) is 0 Å². The number of carbonyl (C=O) groups excluding carboxylic acids is 2. The van der Waals surface area contributed by atoms with Gasteiger partial charge in [0.15, 0.2) is 0 Å². The quantitative estimate of drug-likeness (QED) is 0.575. The zero-order valence-corrected chi connectivity index (χ0v) is 18.8. The SMILES string of the molecule is CNC(=O)[C@@H](Cc1ccccc1)N(Cc1ccccc1F)C(=O)Cc1ccc(C)c(C)c1. The first kappa shape index (κ1) is 23.2. The van der Waals surface area contributed by atoms with Gasteiger partial charge in [0.05, 0.1) is 6.42 Å². The van der Waals surface area contributed by atoms with Gasteiger partial charge >= 0.3 is 0 Å². The summed E-state index contributed by atoms with van der Waals surface area (Å²) in [6.07, 6.45) is 0.478. The summed E-state index contributed by atoms with van der Waals surface area (Å²) >= 11 is 0. The molecule has 0 bridgehead atoms. The summed E-state index contributed by atoms with van der Waals surface area (Å²) in [7, 11) is 1.55. The van der Waals surface area contributed by atoms with Gasteiger partial charge in [-0.3, -0.25) is 9.59 Å². The molecular formula is C27H29FN2O2. The molecule has 5 heteroatoms. The Labute approximate surface area is 189 Å². The molecule has 0 radical (unpaired) electrons. The monoisotopic (exact) mass is 432 g/mol. The highest BCUT2D eigenvalue weighted by molar-refractivity contribution is 5.88. The van der Waals surface area contributed by atoms with Crippen LogP contribution in [0, 0.1) is 19.7 Å². The lowest BCUT2D eigenvalue weighted by molar-refractivity contribution is -0.140. The molecule has 2 amide bonds. The molecule has 166 valence electrons. The summed E-state index contributed by atoms with van der Waals surface area (Å²) in [6.45, 7) is 4.04. The van der Waals surface area contributed by atoms with Crippen molar-refractivity contribution in [1.29, 1.82) is 0 Å². The highest BCUT2D eigenvalue weighted by atomic mass is 19.1. The molecule has 32 heavy (non-hydrogen) atoms. The van der Waals surface area contributed by atoms with Crippen molar-refractivity contribution in [2.24, 2.45) is 0 Å². The molecule has 3 aromatic carbocycles. The van der Waals surface area contributed by atoms with Crippen molar-refractivity contribution < 1.29 is 14.0 Å². The number of likely N-dealkylation sites (N-methyl/N-ethyl adjacent to an activating group) is 1. The van der Waals surface area contributed by atoms with Gasteiger partial charge < -0.3 is 10.2 Å². The Bertz CT molecular complexity index is 1080. The number of halogens is 1. The van der Waals surface area contributed by atoms with Crippen molar-refractivity contribution in [3.8, 4) is 0 Å². The lowest BCUT2D eigenvalue weighted by Crippen LogP contribution is -2.50. The third kappa shape index (κ3) is 5.82. The summed E-state index contributed by atoms with van der Waals surface area (Å²) < 4.78 is 14.5. The highest BCUT2D eigenvalue weighted by Crippen LogP contribution is 2.19. The number of rotatable bonds is 8. The molecule has 0 saturated heterocycles. The lowest BCUT2D eigenvalue weighted by Gasteiger charge is -2.31. The third-order valence-electron chi connectivity index (χ3n) is 5.74. The fourth-order valence-electron chi connectivity index (χ4n) is 3.72. The average molecular weight is 433 g/mol. The number of carbonyl (C=O) groups is 2. The average Bonchev–Trinajstić information content (AvgIpc) is 2.80. The van der Waals surface area contributed by atoms with E-state index < -0.39 is 11.9 Å². The maximum Gasteiger partial charge on any atom is 0.242 e. The van der Waals surface area contributed by atoms with Gasteiger partial charge in [0.1, 0.15) is 11.9 Å². The largest absolute Gasteiger partial charge is 0.357 e. The number of nitrogens with one attached hydrogen (secondary N) is 1. The van der Waals surface area contributed by atoms with Crippen molar-refractivity contribution in [2.75, 3.05) is 7.05 Å². The van der Waals surface area contributed by atoms with Crippen LogP contribution >= 0.6 is 0 Å². The Morgan fingerprint density at radius 3 is 2.25 bits per heavy atom. The Hall–Kier alpha value is -3.47. The molecule has 0 aliphatic carbocycles. The Morgan fingerprint density at radius 1 is 0.906 bits per heavy atom. The van der Waals surface area contributed by atoms with E-state index in [1.807, 2.05) is 62.4 Å². The van der Waals surface area contributed by atoms with E-state index in [0.29, 0.717) is 12.0 Å². The van der Waals surface area contributed by atoms with Gasteiger partial charge in [-0.25, -0.2) is 4.39 Å². The first-order valence-corrected chi connectivity index (χ1v) is 10.7. The molecule has 3 aromatic rings. The van der Waals surface area contributed by atoms with Gasteiger partial charge in [-0.05, 0) is 42.2 Å². The number of hydrogen-bond donors (Lipinski definition) is 1. The molecule has 0 saturated carbocycles. The second kappa shape index (κ2) is 10.7. The van der Waals surface area contributed by atoms with Crippen molar-refractivity contribution in [3.63, 3.8) is 0 Å². The normalized spacial score (nSPS) is 11.6. The van der Waals surface area contributed by atoms with Crippen molar-refractivity contribution in [2.45, 2.75) is 39.3 Å². The maximum atomic E-state index is 14.5. The smallest absolute Gasteiger partial charge is 0.242 e. The second-order valence-corrected chi connectivity index (χ2v) is 8.03. The first-order valence-electron chi connectivity index (χ1n) is 10.7. The van der Waals surface area contributed by atoms with Crippen LogP contribution in [0.4, 0.5) is 4.39 Å². The van der Waals surface area contributed by atoms with Crippen LogP contribution in [-0.4, -0.2) is 29.8 Å². The van der Waals surface area contributed by atoms with E-state index in [2.05, 4.69) is 5.32 Å². The van der Waals surface area contributed by atoms with E-state index in [1.54, 1.807) is 25.2 Å². The van der Waals surface area contributed by atoms with Crippen LogP contribution in [0.5, 0.6) is 0 Å². The van der Waals surface area contributed by atoms with Crippen molar-refractivity contribution in [1.82, 2.24) is 10.2 Å². The van der Waals surface area contributed by atoms with E-state index in [-0.39, 0.29) is 24.8 Å². The van der Waals surface area contributed by atoms with Crippen LogP contribution in [0.3, 0.4) is 0 Å². The maximum absolute atomic E-state index is 14.5. The number of hydrogen-bond acceptors (Lipinski definition) is 2. The van der Waals surface area contributed by atoms with Crippen LogP contribution in [-0.2, 0) is 29.0 Å². The predicted octanol–water partition coefficient (Wildman–Crippen LogP) is 4.37. The van der Waals surface area contributed by atoms with E-state index in [9.17, 15) is 14.0 Å². The molecule has 0 fully saturated rings. The molecule has 3 rings (SSSR count). The highest BCUT2D eigenvalue weighted by Gasteiger charge is 2.30. The molecule has 1 N–H and O–H groups in total. The Morgan fingerprint density at radius 2 is 1.59 bits per heavy atom. The molecule has 0 unspecified atom stereocenters. The van der Waals surface area contributed by atoms with Gasteiger partial charge in [-0.1, -0.05) is 66.7 Å².